The predicted octanol–water partition coefficient (Wildman–Crippen LogP) is 2.25. The number of halogens is 1. The number of aromatic nitrogens is 1. The summed E-state index contributed by atoms with van der Waals surface area (Å²) >= 11 is 5.78. The zero-order valence-electron chi connectivity index (χ0n) is 9.56. The fourth-order valence-electron chi connectivity index (χ4n) is 1.48. The molecule has 0 fully saturated rings. The number of amides is 1. The number of anilines is 1. The highest BCUT2D eigenvalue weighted by atomic mass is 35.5. The summed E-state index contributed by atoms with van der Waals surface area (Å²) in [5, 5.41) is 3.42. The minimum absolute atomic E-state index is 0.242. The van der Waals surface area contributed by atoms with Crippen LogP contribution >= 0.6 is 11.6 Å². The SMILES string of the molecule is Nc1cccnc1C(=O)NCc1ccc(Cl)cc1. The van der Waals surface area contributed by atoms with Gasteiger partial charge >= 0.3 is 0 Å². The monoisotopic (exact) mass is 261 g/mol. The molecule has 0 aliphatic heterocycles. The molecule has 0 bridgehead atoms. The summed E-state index contributed by atoms with van der Waals surface area (Å²) in [5.41, 5.74) is 7.24. The van der Waals surface area contributed by atoms with E-state index in [1.54, 1.807) is 24.3 Å². The van der Waals surface area contributed by atoms with Crippen molar-refractivity contribution < 1.29 is 4.79 Å². The first-order valence-electron chi connectivity index (χ1n) is 5.40. The lowest BCUT2D eigenvalue weighted by Crippen LogP contribution is -2.24. The van der Waals surface area contributed by atoms with Gasteiger partial charge in [-0.2, -0.15) is 0 Å². The van der Waals surface area contributed by atoms with Crippen molar-refractivity contribution in [2.24, 2.45) is 0 Å². The Balaban J connectivity index is 2.01. The number of nitrogens with one attached hydrogen (secondary N) is 1. The molecule has 92 valence electrons. The summed E-state index contributed by atoms with van der Waals surface area (Å²) < 4.78 is 0. The average Bonchev–Trinajstić information content (AvgIpc) is 2.38. The number of nitrogen functional groups attached to an aromatic ring is 1. The van der Waals surface area contributed by atoms with Crippen molar-refractivity contribution in [3.05, 3.63) is 58.9 Å². The summed E-state index contributed by atoms with van der Waals surface area (Å²) in [4.78, 5) is 15.8. The topological polar surface area (TPSA) is 68.0 Å². The summed E-state index contributed by atoms with van der Waals surface area (Å²) in [6, 6.07) is 10.6. The van der Waals surface area contributed by atoms with Gasteiger partial charge in [0, 0.05) is 17.8 Å². The number of pyridine rings is 1. The third-order valence-electron chi connectivity index (χ3n) is 2.42. The van der Waals surface area contributed by atoms with Gasteiger partial charge in [-0.3, -0.25) is 4.79 Å². The first-order valence-corrected chi connectivity index (χ1v) is 5.78. The van der Waals surface area contributed by atoms with Crippen LogP contribution in [0.1, 0.15) is 16.1 Å². The summed E-state index contributed by atoms with van der Waals surface area (Å²) in [5.74, 6) is -0.289. The third kappa shape index (κ3) is 2.99. The van der Waals surface area contributed by atoms with E-state index in [1.165, 1.54) is 6.20 Å². The molecule has 5 heteroatoms. The maximum absolute atomic E-state index is 11.8. The molecule has 1 aromatic carbocycles. The van der Waals surface area contributed by atoms with E-state index < -0.39 is 0 Å². The molecule has 0 atom stereocenters. The Labute approximate surface area is 110 Å². The number of rotatable bonds is 3. The molecule has 2 rings (SSSR count). The van der Waals surface area contributed by atoms with E-state index in [9.17, 15) is 4.79 Å². The second-order valence-electron chi connectivity index (χ2n) is 3.75. The maximum Gasteiger partial charge on any atom is 0.272 e. The molecular formula is C13H12ClN3O. The first kappa shape index (κ1) is 12.4. The molecule has 3 N–H and O–H groups in total. The van der Waals surface area contributed by atoms with Crippen LogP contribution in [-0.2, 0) is 6.54 Å². The van der Waals surface area contributed by atoms with Gasteiger partial charge in [-0.15, -0.1) is 0 Å². The molecule has 0 aliphatic rings. The van der Waals surface area contributed by atoms with E-state index in [0.29, 0.717) is 17.3 Å². The second kappa shape index (κ2) is 5.51. The largest absolute Gasteiger partial charge is 0.397 e. The molecule has 0 unspecified atom stereocenters. The third-order valence-corrected chi connectivity index (χ3v) is 2.67. The lowest BCUT2D eigenvalue weighted by molar-refractivity contribution is 0.0947. The molecule has 0 saturated carbocycles. The normalized spacial score (nSPS) is 10.1. The molecule has 1 aromatic heterocycles. The van der Waals surface area contributed by atoms with Crippen molar-refractivity contribution >= 4 is 23.2 Å². The van der Waals surface area contributed by atoms with Crippen molar-refractivity contribution in [2.45, 2.75) is 6.54 Å². The zero-order chi connectivity index (χ0) is 13.0. The standard InChI is InChI=1S/C13H12ClN3O/c14-10-5-3-9(4-6-10)8-17-13(18)12-11(15)2-1-7-16-12/h1-7H,8,15H2,(H,17,18). The van der Waals surface area contributed by atoms with Gasteiger partial charge < -0.3 is 11.1 Å². The van der Waals surface area contributed by atoms with E-state index >= 15 is 0 Å². The highest BCUT2D eigenvalue weighted by Crippen LogP contribution is 2.10. The Morgan fingerprint density at radius 3 is 2.67 bits per heavy atom. The van der Waals surface area contributed by atoms with Crippen molar-refractivity contribution in [2.75, 3.05) is 5.73 Å². The highest BCUT2D eigenvalue weighted by molar-refractivity contribution is 6.30. The molecular weight excluding hydrogens is 250 g/mol. The van der Waals surface area contributed by atoms with Gasteiger partial charge in [0.25, 0.3) is 5.91 Å². The van der Waals surface area contributed by atoms with Gasteiger partial charge in [-0.1, -0.05) is 23.7 Å². The lowest BCUT2D eigenvalue weighted by atomic mass is 10.2. The fourth-order valence-corrected chi connectivity index (χ4v) is 1.60. The molecule has 0 saturated heterocycles. The molecule has 2 aromatic rings. The summed E-state index contributed by atoms with van der Waals surface area (Å²) in [6.07, 6.45) is 1.54. The van der Waals surface area contributed by atoms with Crippen molar-refractivity contribution in [3.63, 3.8) is 0 Å². The van der Waals surface area contributed by atoms with Crippen LogP contribution in [0.15, 0.2) is 42.6 Å². The number of hydrogen-bond donors (Lipinski definition) is 2. The van der Waals surface area contributed by atoms with Crippen LogP contribution in [-0.4, -0.2) is 10.9 Å². The van der Waals surface area contributed by atoms with Crippen LogP contribution in [0.25, 0.3) is 0 Å². The molecule has 18 heavy (non-hydrogen) atoms. The summed E-state index contributed by atoms with van der Waals surface area (Å²) in [6.45, 7) is 0.409. The average molecular weight is 262 g/mol. The van der Waals surface area contributed by atoms with E-state index in [0.717, 1.165) is 5.56 Å². The number of carbonyl (C=O) groups is 1. The number of carbonyl (C=O) groups excluding carboxylic acids is 1. The van der Waals surface area contributed by atoms with Gasteiger partial charge in [-0.25, -0.2) is 4.98 Å². The minimum Gasteiger partial charge on any atom is -0.397 e. The Bertz CT molecular complexity index is 554. The quantitative estimate of drug-likeness (QED) is 0.890. The van der Waals surface area contributed by atoms with E-state index in [2.05, 4.69) is 10.3 Å². The van der Waals surface area contributed by atoms with Crippen molar-refractivity contribution in [3.8, 4) is 0 Å². The predicted molar refractivity (Wildman–Crippen MR) is 71.3 cm³/mol. The number of benzene rings is 1. The molecule has 0 aliphatic carbocycles. The number of nitrogens with two attached hydrogens (primary N) is 1. The number of hydrogen-bond acceptors (Lipinski definition) is 3. The smallest absolute Gasteiger partial charge is 0.272 e. The molecule has 1 amide bonds. The summed E-state index contributed by atoms with van der Waals surface area (Å²) in [7, 11) is 0. The van der Waals surface area contributed by atoms with Crippen LogP contribution in [0.4, 0.5) is 5.69 Å². The Hall–Kier alpha value is -2.07. The molecule has 0 radical (unpaired) electrons. The Morgan fingerprint density at radius 1 is 1.28 bits per heavy atom. The van der Waals surface area contributed by atoms with Crippen LogP contribution in [0.5, 0.6) is 0 Å². The van der Waals surface area contributed by atoms with Crippen LogP contribution < -0.4 is 11.1 Å². The van der Waals surface area contributed by atoms with Crippen molar-refractivity contribution in [1.29, 1.82) is 0 Å². The fraction of sp³-hybridized carbons (Fsp3) is 0.0769. The van der Waals surface area contributed by atoms with Gasteiger partial charge in [-0.05, 0) is 29.8 Å². The Morgan fingerprint density at radius 2 is 2.00 bits per heavy atom. The second-order valence-corrected chi connectivity index (χ2v) is 4.19. The molecule has 4 nitrogen and oxygen atoms in total. The van der Waals surface area contributed by atoms with Gasteiger partial charge in [0.2, 0.25) is 0 Å². The number of nitrogens with zero attached hydrogens (tertiary/aromatic N) is 1. The van der Waals surface area contributed by atoms with Crippen LogP contribution in [0, 0.1) is 0 Å². The lowest BCUT2D eigenvalue weighted by Gasteiger charge is -2.06. The van der Waals surface area contributed by atoms with E-state index in [1.807, 2.05) is 12.1 Å². The van der Waals surface area contributed by atoms with Gasteiger partial charge in [0.15, 0.2) is 5.69 Å². The van der Waals surface area contributed by atoms with E-state index in [4.69, 9.17) is 17.3 Å². The molecule has 1 heterocycles. The Kier molecular flexibility index (Phi) is 3.79. The van der Waals surface area contributed by atoms with Crippen molar-refractivity contribution in [1.82, 2.24) is 10.3 Å². The van der Waals surface area contributed by atoms with Gasteiger partial charge in [0.05, 0.1) is 5.69 Å². The van der Waals surface area contributed by atoms with Gasteiger partial charge in [0.1, 0.15) is 0 Å². The zero-order valence-corrected chi connectivity index (χ0v) is 10.3. The van der Waals surface area contributed by atoms with E-state index in [-0.39, 0.29) is 11.6 Å². The van der Waals surface area contributed by atoms with Crippen LogP contribution in [0.2, 0.25) is 5.02 Å². The molecule has 0 spiro atoms. The van der Waals surface area contributed by atoms with Crippen LogP contribution in [0.3, 0.4) is 0 Å². The minimum atomic E-state index is -0.289. The first-order chi connectivity index (χ1) is 8.66. The maximum atomic E-state index is 11.8. The highest BCUT2D eigenvalue weighted by Gasteiger charge is 2.09.